The normalized spacial score (nSPS) is 11.2. The quantitative estimate of drug-likeness (QED) is 0.581. The summed E-state index contributed by atoms with van der Waals surface area (Å²) in [4.78, 5) is 27.7. The monoisotopic (exact) mass is 402 g/mol. The summed E-state index contributed by atoms with van der Waals surface area (Å²) in [7, 11) is 0. The number of amides is 1. The van der Waals surface area contributed by atoms with E-state index in [1.165, 1.54) is 34.5 Å². The number of carbonyl (C=O) groups excluding carboxylic acids is 2. The summed E-state index contributed by atoms with van der Waals surface area (Å²) in [5, 5.41) is 2.84. The first-order valence-electron chi connectivity index (χ1n) is 9.24. The molecule has 1 heterocycles. The van der Waals surface area contributed by atoms with E-state index in [1.807, 2.05) is 0 Å². The molecule has 0 bridgehead atoms. The standard InChI is InChI=1S/C22H27ClN2O3/c1-14-11-16(22(3,4)5)12-15(2)17(14)8-10-24-19(26)13-28-21(27)18-7-6-9-25-20(18)23/h6-7,9,11-12H,8,10,13H2,1-5H3,(H,24,26). The molecule has 0 saturated carbocycles. The highest BCUT2D eigenvalue weighted by molar-refractivity contribution is 6.32. The zero-order chi connectivity index (χ0) is 20.9. The molecular formula is C22H27ClN2O3. The molecule has 0 atom stereocenters. The van der Waals surface area contributed by atoms with Crippen molar-refractivity contribution < 1.29 is 14.3 Å². The fraction of sp³-hybridized carbons (Fsp3) is 0.409. The first-order chi connectivity index (χ1) is 13.1. The Morgan fingerprint density at radius 3 is 2.39 bits per heavy atom. The number of benzene rings is 1. The topological polar surface area (TPSA) is 68.3 Å². The highest BCUT2D eigenvalue weighted by Crippen LogP contribution is 2.27. The number of aromatic nitrogens is 1. The van der Waals surface area contributed by atoms with E-state index in [0.29, 0.717) is 6.54 Å². The van der Waals surface area contributed by atoms with Crippen LogP contribution in [0.4, 0.5) is 0 Å². The van der Waals surface area contributed by atoms with Gasteiger partial charge in [0.1, 0.15) is 5.15 Å². The molecule has 0 fully saturated rings. The molecule has 0 saturated heterocycles. The second-order valence-electron chi connectivity index (χ2n) is 7.86. The molecule has 28 heavy (non-hydrogen) atoms. The number of pyridine rings is 1. The van der Waals surface area contributed by atoms with Crippen LogP contribution in [-0.4, -0.2) is 30.0 Å². The second kappa shape index (κ2) is 9.20. The molecule has 0 radical (unpaired) electrons. The molecule has 2 rings (SSSR count). The van der Waals surface area contributed by atoms with Gasteiger partial charge >= 0.3 is 5.97 Å². The lowest BCUT2D eigenvalue weighted by atomic mass is 9.83. The van der Waals surface area contributed by atoms with Crippen molar-refractivity contribution in [2.24, 2.45) is 0 Å². The third-order valence-corrected chi connectivity index (χ3v) is 4.87. The van der Waals surface area contributed by atoms with E-state index in [2.05, 4.69) is 57.1 Å². The van der Waals surface area contributed by atoms with Crippen LogP contribution in [0.25, 0.3) is 0 Å². The Hall–Kier alpha value is -2.40. The van der Waals surface area contributed by atoms with Crippen LogP contribution in [0.1, 0.15) is 53.4 Å². The number of aryl methyl sites for hydroxylation is 2. The molecule has 6 heteroatoms. The van der Waals surface area contributed by atoms with Crippen LogP contribution in [0.2, 0.25) is 5.15 Å². The van der Waals surface area contributed by atoms with Gasteiger partial charge in [0.25, 0.3) is 5.91 Å². The zero-order valence-corrected chi connectivity index (χ0v) is 17.8. The fourth-order valence-electron chi connectivity index (χ4n) is 2.95. The fourth-order valence-corrected chi connectivity index (χ4v) is 3.14. The van der Waals surface area contributed by atoms with Gasteiger partial charge < -0.3 is 10.1 Å². The third-order valence-electron chi connectivity index (χ3n) is 4.57. The lowest BCUT2D eigenvalue weighted by Crippen LogP contribution is -2.30. The average Bonchev–Trinajstić information content (AvgIpc) is 2.61. The number of rotatable bonds is 6. The van der Waals surface area contributed by atoms with Gasteiger partial charge in [-0.1, -0.05) is 44.5 Å². The van der Waals surface area contributed by atoms with Crippen molar-refractivity contribution in [2.45, 2.75) is 46.5 Å². The van der Waals surface area contributed by atoms with Gasteiger partial charge in [0.05, 0.1) is 5.56 Å². The smallest absolute Gasteiger partial charge is 0.341 e. The number of ether oxygens (including phenoxy) is 1. The van der Waals surface area contributed by atoms with Crippen molar-refractivity contribution in [1.29, 1.82) is 0 Å². The molecule has 0 aliphatic carbocycles. The summed E-state index contributed by atoms with van der Waals surface area (Å²) in [5.74, 6) is -1.02. The van der Waals surface area contributed by atoms with Gasteiger partial charge in [-0.15, -0.1) is 0 Å². The van der Waals surface area contributed by atoms with Gasteiger partial charge in [0.15, 0.2) is 6.61 Å². The molecule has 1 aromatic carbocycles. The van der Waals surface area contributed by atoms with E-state index in [0.717, 1.165) is 6.42 Å². The molecule has 2 aromatic rings. The van der Waals surface area contributed by atoms with Crippen molar-refractivity contribution in [3.63, 3.8) is 0 Å². The summed E-state index contributed by atoms with van der Waals surface area (Å²) < 4.78 is 5.00. The molecular weight excluding hydrogens is 376 g/mol. The Bertz CT molecular complexity index is 849. The van der Waals surface area contributed by atoms with E-state index in [4.69, 9.17) is 16.3 Å². The minimum Gasteiger partial charge on any atom is -0.452 e. The Kier molecular flexibility index (Phi) is 7.19. The largest absolute Gasteiger partial charge is 0.452 e. The van der Waals surface area contributed by atoms with E-state index >= 15 is 0 Å². The molecule has 0 spiro atoms. The average molecular weight is 403 g/mol. The number of nitrogens with one attached hydrogen (secondary N) is 1. The summed E-state index contributed by atoms with van der Waals surface area (Å²) in [5.41, 5.74) is 5.21. The van der Waals surface area contributed by atoms with Gasteiger partial charge in [-0.3, -0.25) is 4.79 Å². The Morgan fingerprint density at radius 1 is 1.18 bits per heavy atom. The molecule has 1 N–H and O–H groups in total. The molecule has 0 aliphatic heterocycles. The van der Waals surface area contributed by atoms with Crippen molar-refractivity contribution in [3.8, 4) is 0 Å². The van der Waals surface area contributed by atoms with E-state index in [9.17, 15) is 9.59 Å². The molecule has 5 nitrogen and oxygen atoms in total. The van der Waals surface area contributed by atoms with Crippen LogP contribution in [-0.2, 0) is 21.4 Å². The van der Waals surface area contributed by atoms with Crippen molar-refractivity contribution in [2.75, 3.05) is 13.2 Å². The van der Waals surface area contributed by atoms with Crippen LogP contribution < -0.4 is 5.32 Å². The summed E-state index contributed by atoms with van der Waals surface area (Å²) >= 11 is 5.84. The van der Waals surface area contributed by atoms with Gasteiger partial charge in [-0.25, -0.2) is 9.78 Å². The van der Waals surface area contributed by atoms with E-state index < -0.39 is 5.97 Å². The first-order valence-corrected chi connectivity index (χ1v) is 9.62. The van der Waals surface area contributed by atoms with Gasteiger partial charge in [0, 0.05) is 12.7 Å². The number of halogens is 1. The van der Waals surface area contributed by atoms with Crippen molar-refractivity contribution in [1.82, 2.24) is 10.3 Å². The maximum absolute atomic E-state index is 12.0. The number of nitrogens with zero attached hydrogens (tertiary/aromatic N) is 1. The molecule has 0 unspecified atom stereocenters. The summed E-state index contributed by atoms with van der Waals surface area (Å²) in [6, 6.07) is 7.51. The molecule has 0 aliphatic rings. The Balaban J connectivity index is 1.86. The Labute approximate surface area is 171 Å². The number of hydrogen-bond acceptors (Lipinski definition) is 4. The highest BCUT2D eigenvalue weighted by atomic mass is 35.5. The van der Waals surface area contributed by atoms with Crippen LogP contribution in [0.3, 0.4) is 0 Å². The van der Waals surface area contributed by atoms with Crippen molar-refractivity contribution >= 4 is 23.5 Å². The third kappa shape index (κ3) is 5.80. The van der Waals surface area contributed by atoms with Gasteiger partial charge in [-0.05, 0) is 60.1 Å². The highest BCUT2D eigenvalue weighted by Gasteiger charge is 2.17. The predicted octanol–water partition coefficient (Wildman–Crippen LogP) is 4.17. The number of hydrogen-bond donors (Lipinski definition) is 1. The predicted molar refractivity (Wildman–Crippen MR) is 111 cm³/mol. The lowest BCUT2D eigenvalue weighted by molar-refractivity contribution is -0.124. The number of esters is 1. The zero-order valence-electron chi connectivity index (χ0n) is 17.1. The lowest BCUT2D eigenvalue weighted by Gasteiger charge is -2.22. The minimum atomic E-state index is -0.669. The van der Waals surface area contributed by atoms with Crippen LogP contribution in [0.15, 0.2) is 30.5 Å². The maximum Gasteiger partial charge on any atom is 0.341 e. The number of carbonyl (C=O) groups is 2. The van der Waals surface area contributed by atoms with E-state index in [1.54, 1.807) is 6.07 Å². The minimum absolute atomic E-state index is 0.0533. The van der Waals surface area contributed by atoms with Crippen LogP contribution in [0, 0.1) is 13.8 Å². The van der Waals surface area contributed by atoms with E-state index in [-0.39, 0.29) is 28.6 Å². The first kappa shape index (κ1) is 21.9. The molecule has 1 amide bonds. The van der Waals surface area contributed by atoms with Crippen molar-refractivity contribution in [3.05, 3.63) is 63.4 Å². The Morgan fingerprint density at radius 2 is 1.82 bits per heavy atom. The van der Waals surface area contributed by atoms with Gasteiger partial charge in [-0.2, -0.15) is 0 Å². The SMILES string of the molecule is Cc1cc(C(C)(C)C)cc(C)c1CCNC(=O)COC(=O)c1cccnc1Cl. The second-order valence-corrected chi connectivity index (χ2v) is 8.21. The van der Waals surface area contributed by atoms with Crippen LogP contribution in [0.5, 0.6) is 0 Å². The summed E-state index contributed by atoms with van der Waals surface area (Å²) in [6.07, 6.45) is 2.19. The molecule has 150 valence electrons. The maximum atomic E-state index is 12.0. The summed E-state index contributed by atoms with van der Waals surface area (Å²) in [6.45, 7) is 10.9. The van der Waals surface area contributed by atoms with Crippen LogP contribution >= 0.6 is 11.6 Å². The van der Waals surface area contributed by atoms with Gasteiger partial charge in [0.2, 0.25) is 0 Å². The molecule has 1 aromatic heterocycles.